The Morgan fingerprint density at radius 1 is 1.53 bits per heavy atom. The van der Waals surface area contributed by atoms with Crippen LogP contribution in [-0.2, 0) is 0 Å². The number of halogens is 2. The number of nitro benzene ring substituents is 1. The fourth-order valence-electron chi connectivity index (χ4n) is 1.48. The molecule has 0 aliphatic carbocycles. The van der Waals surface area contributed by atoms with Crippen molar-refractivity contribution in [1.29, 1.82) is 0 Å². The Morgan fingerprint density at radius 2 is 2.26 bits per heavy atom. The van der Waals surface area contributed by atoms with Crippen molar-refractivity contribution in [2.45, 2.75) is 5.92 Å². The van der Waals surface area contributed by atoms with Crippen molar-refractivity contribution in [3.05, 3.63) is 28.3 Å². The molecule has 19 heavy (non-hydrogen) atoms. The predicted octanol–water partition coefficient (Wildman–Crippen LogP) is 1.48. The van der Waals surface area contributed by atoms with Crippen LogP contribution < -0.4 is 11.1 Å². The van der Waals surface area contributed by atoms with Gasteiger partial charge in [-0.2, -0.15) is 0 Å². The molecule has 0 unspecified atom stereocenters. The van der Waals surface area contributed by atoms with Gasteiger partial charge >= 0.3 is 0 Å². The van der Waals surface area contributed by atoms with Gasteiger partial charge in [0.25, 0.3) is 11.6 Å². The highest BCUT2D eigenvalue weighted by molar-refractivity contribution is 5.79. The zero-order chi connectivity index (χ0) is 14.0. The second-order valence-electron chi connectivity index (χ2n) is 3.96. The maximum absolute atomic E-state index is 12.9. The number of hydrogen-bond donors (Lipinski definition) is 3. The molecule has 0 spiro atoms. The Morgan fingerprint density at radius 3 is 2.89 bits per heavy atom. The molecule has 9 heteroatoms. The molecule has 7 nitrogen and oxygen atoms in total. The number of H-pyrrole nitrogens is 1. The molecular weight excluding hydrogens is 260 g/mol. The molecule has 0 aliphatic rings. The summed E-state index contributed by atoms with van der Waals surface area (Å²) >= 11 is 0. The lowest BCUT2D eigenvalue weighted by Gasteiger charge is -2.13. The Balaban J connectivity index is 2.20. The number of alkyl halides is 2. The number of hydrogen-bond acceptors (Lipinski definition) is 5. The van der Waals surface area contributed by atoms with E-state index in [4.69, 9.17) is 5.73 Å². The van der Waals surface area contributed by atoms with E-state index < -0.39 is 23.9 Å². The lowest BCUT2D eigenvalue weighted by molar-refractivity contribution is -0.384. The lowest BCUT2D eigenvalue weighted by Crippen LogP contribution is -2.35. The van der Waals surface area contributed by atoms with Crippen LogP contribution in [0.2, 0.25) is 0 Å². The standard InChI is InChI=1S/C10H11F2N5O2/c11-10(12,4-13)5-14-9-15-7-2-1-6(17(18)19)3-8(7)16-9/h1-3H,4-5,13H2,(H2,14,15,16). The highest BCUT2D eigenvalue weighted by Crippen LogP contribution is 2.21. The van der Waals surface area contributed by atoms with Gasteiger partial charge < -0.3 is 16.0 Å². The Labute approximate surface area is 106 Å². The SMILES string of the molecule is NCC(F)(F)CNc1nc2ccc([N+](=O)[O-])cc2[nH]1. The number of aromatic nitrogens is 2. The molecule has 0 atom stereocenters. The van der Waals surface area contributed by atoms with Gasteiger partial charge in [0.15, 0.2) is 0 Å². The van der Waals surface area contributed by atoms with E-state index in [1.807, 2.05) is 0 Å². The predicted molar refractivity (Wildman–Crippen MR) is 65.2 cm³/mol. The van der Waals surface area contributed by atoms with Crippen LogP contribution in [0.1, 0.15) is 0 Å². The van der Waals surface area contributed by atoms with E-state index in [1.54, 1.807) is 0 Å². The van der Waals surface area contributed by atoms with Crippen LogP contribution in [0, 0.1) is 10.1 Å². The molecule has 4 N–H and O–H groups in total. The van der Waals surface area contributed by atoms with Crippen LogP contribution in [0.4, 0.5) is 20.4 Å². The minimum Gasteiger partial charge on any atom is -0.350 e. The van der Waals surface area contributed by atoms with Gasteiger partial charge in [0.05, 0.1) is 29.0 Å². The Hall–Kier alpha value is -2.29. The minimum atomic E-state index is -3.04. The number of imidazole rings is 1. The molecule has 0 saturated heterocycles. The average Bonchev–Trinajstić information content (AvgIpc) is 2.78. The van der Waals surface area contributed by atoms with E-state index in [0.717, 1.165) is 0 Å². The first kappa shape index (κ1) is 13.1. The normalized spacial score (nSPS) is 11.7. The van der Waals surface area contributed by atoms with Gasteiger partial charge in [-0.1, -0.05) is 0 Å². The maximum Gasteiger partial charge on any atom is 0.277 e. The smallest absolute Gasteiger partial charge is 0.277 e. The van der Waals surface area contributed by atoms with E-state index in [1.165, 1.54) is 18.2 Å². The summed E-state index contributed by atoms with van der Waals surface area (Å²) in [6.07, 6.45) is 0. The summed E-state index contributed by atoms with van der Waals surface area (Å²) in [5.74, 6) is -2.92. The first-order valence-electron chi connectivity index (χ1n) is 5.37. The first-order valence-corrected chi connectivity index (χ1v) is 5.37. The second kappa shape index (κ2) is 4.76. The number of nitrogens with two attached hydrogens (primary N) is 1. The number of non-ortho nitro benzene ring substituents is 1. The minimum absolute atomic E-state index is 0.102. The van der Waals surface area contributed by atoms with Crippen molar-refractivity contribution in [2.24, 2.45) is 5.73 Å². The molecule has 1 heterocycles. The lowest BCUT2D eigenvalue weighted by atomic mass is 10.3. The van der Waals surface area contributed by atoms with Crippen LogP contribution in [0.25, 0.3) is 11.0 Å². The summed E-state index contributed by atoms with van der Waals surface area (Å²) in [6, 6.07) is 4.02. The van der Waals surface area contributed by atoms with Crippen molar-refractivity contribution >= 4 is 22.7 Å². The molecule has 0 aliphatic heterocycles. The van der Waals surface area contributed by atoms with Crippen molar-refractivity contribution in [3.63, 3.8) is 0 Å². The second-order valence-corrected chi connectivity index (χ2v) is 3.96. The average molecular weight is 271 g/mol. The van der Waals surface area contributed by atoms with Gasteiger partial charge in [-0.05, 0) is 6.07 Å². The van der Waals surface area contributed by atoms with Crippen molar-refractivity contribution in [1.82, 2.24) is 9.97 Å². The van der Waals surface area contributed by atoms with Gasteiger partial charge in [0.2, 0.25) is 5.95 Å². The van der Waals surface area contributed by atoms with Crippen LogP contribution in [0.15, 0.2) is 18.2 Å². The summed E-state index contributed by atoms with van der Waals surface area (Å²) in [5.41, 5.74) is 5.65. The van der Waals surface area contributed by atoms with Crippen molar-refractivity contribution < 1.29 is 13.7 Å². The number of benzene rings is 1. The molecule has 1 aromatic heterocycles. The van der Waals surface area contributed by atoms with Gasteiger partial charge in [0, 0.05) is 12.1 Å². The number of aromatic amines is 1. The first-order chi connectivity index (χ1) is 8.91. The van der Waals surface area contributed by atoms with E-state index in [0.29, 0.717) is 11.0 Å². The van der Waals surface area contributed by atoms with Crippen LogP contribution >= 0.6 is 0 Å². The maximum atomic E-state index is 12.9. The number of rotatable bonds is 5. The summed E-state index contributed by atoms with van der Waals surface area (Å²) in [7, 11) is 0. The monoisotopic (exact) mass is 271 g/mol. The third-order valence-corrected chi connectivity index (χ3v) is 2.49. The van der Waals surface area contributed by atoms with E-state index in [9.17, 15) is 18.9 Å². The summed E-state index contributed by atoms with van der Waals surface area (Å²) in [6.45, 7) is -1.43. The van der Waals surface area contributed by atoms with Gasteiger partial charge in [-0.25, -0.2) is 13.8 Å². The number of anilines is 1. The van der Waals surface area contributed by atoms with Gasteiger partial charge in [0.1, 0.15) is 0 Å². The van der Waals surface area contributed by atoms with Crippen LogP contribution in [-0.4, -0.2) is 33.9 Å². The molecule has 0 bridgehead atoms. The van der Waals surface area contributed by atoms with Crippen LogP contribution in [0.3, 0.4) is 0 Å². The fraction of sp³-hybridized carbons (Fsp3) is 0.300. The van der Waals surface area contributed by atoms with E-state index in [-0.39, 0.29) is 11.6 Å². The molecule has 1 aromatic carbocycles. The summed E-state index contributed by atoms with van der Waals surface area (Å²) < 4.78 is 25.9. The zero-order valence-corrected chi connectivity index (χ0v) is 9.69. The molecule has 0 fully saturated rings. The van der Waals surface area contributed by atoms with Gasteiger partial charge in [-0.3, -0.25) is 10.1 Å². The molecule has 2 rings (SSSR count). The third kappa shape index (κ3) is 2.94. The largest absolute Gasteiger partial charge is 0.350 e. The van der Waals surface area contributed by atoms with Crippen molar-refractivity contribution in [2.75, 3.05) is 18.4 Å². The molecule has 0 saturated carbocycles. The third-order valence-electron chi connectivity index (χ3n) is 2.49. The number of nitrogens with zero attached hydrogens (tertiary/aromatic N) is 2. The fourth-order valence-corrected chi connectivity index (χ4v) is 1.48. The molecular formula is C10H11F2N5O2. The molecule has 102 valence electrons. The number of nitro groups is 1. The molecule has 0 amide bonds. The number of nitrogens with one attached hydrogen (secondary N) is 2. The highest BCUT2D eigenvalue weighted by atomic mass is 19.3. The summed E-state index contributed by atoms with van der Waals surface area (Å²) in [5, 5.41) is 13.0. The van der Waals surface area contributed by atoms with E-state index in [2.05, 4.69) is 15.3 Å². The van der Waals surface area contributed by atoms with Crippen molar-refractivity contribution in [3.8, 4) is 0 Å². The zero-order valence-electron chi connectivity index (χ0n) is 9.69. The van der Waals surface area contributed by atoms with Crippen LogP contribution in [0.5, 0.6) is 0 Å². The highest BCUT2D eigenvalue weighted by Gasteiger charge is 2.26. The quantitative estimate of drug-likeness (QED) is 0.563. The molecule has 0 radical (unpaired) electrons. The van der Waals surface area contributed by atoms with E-state index >= 15 is 0 Å². The Bertz CT molecular complexity index is 613. The van der Waals surface area contributed by atoms with Gasteiger partial charge in [-0.15, -0.1) is 0 Å². The molecule has 2 aromatic rings. The number of fused-ring (bicyclic) bond motifs is 1. The Kier molecular flexibility index (Phi) is 3.30. The topological polar surface area (TPSA) is 110 Å². The summed E-state index contributed by atoms with van der Waals surface area (Å²) in [4.78, 5) is 16.7.